The van der Waals surface area contributed by atoms with E-state index in [2.05, 4.69) is 46.7 Å². The quantitative estimate of drug-likeness (QED) is 0.496. The molecule has 0 aliphatic heterocycles. The first kappa shape index (κ1) is 16.4. The van der Waals surface area contributed by atoms with Crippen LogP contribution in [0.2, 0.25) is 0 Å². The lowest BCUT2D eigenvalue weighted by molar-refractivity contribution is 0.670. The number of aromatic nitrogens is 3. The molecule has 0 N–H and O–H groups in total. The monoisotopic (exact) mass is 356 g/mol. The Morgan fingerprint density at radius 3 is 2.38 bits per heavy atom. The minimum Gasteiger partial charge on any atom is -0.240 e. The molecule has 0 amide bonds. The van der Waals surface area contributed by atoms with Gasteiger partial charge in [-0.05, 0) is 23.4 Å². The van der Waals surface area contributed by atoms with Crippen molar-refractivity contribution in [3.63, 3.8) is 0 Å². The van der Waals surface area contributed by atoms with Crippen molar-refractivity contribution < 1.29 is 0 Å². The number of hydrogen-bond acceptors (Lipinski definition) is 4. The molecule has 0 bridgehead atoms. The molecule has 4 rings (SSSR count). The number of hydrogen-bond donors (Lipinski definition) is 0. The van der Waals surface area contributed by atoms with Crippen LogP contribution in [-0.2, 0) is 6.54 Å². The summed E-state index contributed by atoms with van der Waals surface area (Å²) in [5, 5.41) is 18.4. The molecule has 0 fully saturated rings. The van der Waals surface area contributed by atoms with E-state index in [1.54, 1.807) is 11.8 Å². The van der Waals surface area contributed by atoms with E-state index in [1.807, 2.05) is 47.3 Å². The van der Waals surface area contributed by atoms with Gasteiger partial charge in [-0.15, -0.1) is 16.9 Å². The smallest absolute Gasteiger partial charge is 0.132 e. The lowest BCUT2D eigenvalue weighted by Crippen LogP contribution is -2.03. The van der Waals surface area contributed by atoms with Crippen molar-refractivity contribution in [1.29, 1.82) is 5.26 Å². The van der Waals surface area contributed by atoms with Crippen molar-refractivity contribution in [2.45, 2.75) is 11.4 Å². The Labute approximate surface area is 156 Å². The molecule has 0 radical (unpaired) electrons. The summed E-state index contributed by atoms with van der Waals surface area (Å²) in [6.45, 7) is 0.612. The second kappa shape index (κ2) is 7.03. The first-order valence-corrected chi connectivity index (χ1v) is 9.48. The van der Waals surface area contributed by atoms with E-state index < -0.39 is 0 Å². The number of nitrogens with zero attached hydrogens (tertiary/aromatic N) is 4. The van der Waals surface area contributed by atoms with Gasteiger partial charge in [0.25, 0.3) is 0 Å². The zero-order valence-electron chi connectivity index (χ0n) is 14.3. The number of rotatable bonds is 4. The van der Waals surface area contributed by atoms with Crippen LogP contribution in [0.3, 0.4) is 0 Å². The van der Waals surface area contributed by atoms with Gasteiger partial charge in [0, 0.05) is 10.5 Å². The number of benzene rings is 3. The fraction of sp³-hybridized carbons (Fsp3) is 0.0952. The zero-order chi connectivity index (χ0) is 17.9. The van der Waals surface area contributed by atoms with Crippen molar-refractivity contribution >= 4 is 22.8 Å². The summed E-state index contributed by atoms with van der Waals surface area (Å²) in [5.74, 6) is 0. The van der Waals surface area contributed by atoms with Crippen molar-refractivity contribution in [3.8, 4) is 17.2 Å². The molecule has 5 heteroatoms. The third-order valence-electron chi connectivity index (χ3n) is 4.34. The van der Waals surface area contributed by atoms with Gasteiger partial charge < -0.3 is 0 Å². The first-order valence-electron chi connectivity index (χ1n) is 8.25. The van der Waals surface area contributed by atoms with Crippen molar-refractivity contribution in [1.82, 2.24) is 15.0 Å². The van der Waals surface area contributed by atoms with E-state index in [0.717, 1.165) is 27.1 Å². The van der Waals surface area contributed by atoms with Gasteiger partial charge in [-0.3, -0.25) is 0 Å². The van der Waals surface area contributed by atoms with Crippen LogP contribution >= 0.6 is 11.8 Å². The van der Waals surface area contributed by atoms with E-state index >= 15 is 0 Å². The molecule has 0 unspecified atom stereocenters. The second-order valence-electron chi connectivity index (χ2n) is 5.91. The van der Waals surface area contributed by atoms with Crippen LogP contribution in [0, 0.1) is 11.3 Å². The molecule has 26 heavy (non-hydrogen) atoms. The molecular formula is C21H16N4S. The molecule has 4 aromatic rings. The van der Waals surface area contributed by atoms with Crippen molar-refractivity contribution in [2.75, 3.05) is 6.26 Å². The average molecular weight is 356 g/mol. The maximum absolute atomic E-state index is 9.67. The number of thioether (sulfide) groups is 1. The van der Waals surface area contributed by atoms with E-state index in [9.17, 15) is 5.26 Å². The van der Waals surface area contributed by atoms with E-state index in [1.165, 1.54) is 0 Å². The molecule has 4 nitrogen and oxygen atoms in total. The summed E-state index contributed by atoms with van der Waals surface area (Å²) in [5.41, 5.74) is 5.43. The number of fused-ring (bicyclic) bond motifs is 1. The Balaban J connectivity index is 1.99. The summed E-state index contributed by atoms with van der Waals surface area (Å²) < 4.78 is 1.89. The van der Waals surface area contributed by atoms with Crippen LogP contribution < -0.4 is 0 Å². The predicted octanol–water partition coefficient (Wildman–Crippen LogP) is 4.74. The van der Waals surface area contributed by atoms with Crippen LogP contribution in [0.1, 0.15) is 11.1 Å². The minimum absolute atomic E-state index is 0.589. The lowest BCUT2D eigenvalue weighted by Gasteiger charge is -2.11. The third kappa shape index (κ3) is 2.85. The van der Waals surface area contributed by atoms with Crippen LogP contribution in [0.25, 0.3) is 22.2 Å². The topological polar surface area (TPSA) is 54.5 Å². The van der Waals surface area contributed by atoms with Crippen LogP contribution in [0.15, 0.2) is 71.6 Å². The van der Waals surface area contributed by atoms with Gasteiger partial charge in [0.1, 0.15) is 11.6 Å². The van der Waals surface area contributed by atoms with Gasteiger partial charge in [-0.2, -0.15) is 5.26 Å². The highest BCUT2D eigenvalue weighted by Gasteiger charge is 2.19. The van der Waals surface area contributed by atoms with Crippen molar-refractivity contribution in [3.05, 3.63) is 77.9 Å². The van der Waals surface area contributed by atoms with Gasteiger partial charge in [0.2, 0.25) is 0 Å². The molecule has 0 aliphatic carbocycles. The molecule has 0 saturated carbocycles. The molecule has 1 heterocycles. The minimum atomic E-state index is 0.589. The Kier molecular flexibility index (Phi) is 4.42. The zero-order valence-corrected chi connectivity index (χ0v) is 15.1. The molecule has 0 saturated heterocycles. The van der Waals surface area contributed by atoms with E-state index in [-0.39, 0.29) is 0 Å². The van der Waals surface area contributed by atoms with Crippen LogP contribution in [0.4, 0.5) is 0 Å². The van der Waals surface area contributed by atoms with Gasteiger partial charge in [-0.25, -0.2) is 4.68 Å². The Morgan fingerprint density at radius 1 is 1.04 bits per heavy atom. The predicted molar refractivity (Wildman–Crippen MR) is 105 cm³/mol. The number of nitriles is 1. The molecule has 0 atom stereocenters. The third-order valence-corrected chi connectivity index (χ3v) is 5.10. The highest BCUT2D eigenvalue weighted by Crippen LogP contribution is 2.35. The Morgan fingerprint density at radius 2 is 1.73 bits per heavy atom. The van der Waals surface area contributed by atoms with Gasteiger partial charge in [0.05, 0.1) is 17.6 Å². The summed E-state index contributed by atoms with van der Waals surface area (Å²) >= 11 is 1.56. The molecule has 1 aromatic heterocycles. The van der Waals surface area contributed by atoms with E-state index in [0.29, 0.717) is 17.6 Å². The second-order valence-corrected chi connectivity index (χ2v) is 6.76. The maximum Gasteiger partial charge on any atom is 0.132 e. The lowest BCUT2D eigenvalue weighted by atomic mass is 10.0. The summed E-state index contributed by atoms with van der Waals surface area (Å²) in [7, 11) is 0. The normalized spacial score (nSPS) is 10.8. The fourth-order valence-electron chi connectivity index (χ4n) is 3.11. The Hall–Kier alpha value is -3.10. The van der Waals surface area contributed by atoms with Gasteiger partial charge in [-0.1, -0.05) is 65.9 Å². The highest BCUT2D eigenvalue weighted by atomic mass is 32.2. The summed E-state index contributed by atoms with van der Waals surface area (Å²) in [6, 6.07) is 24.7. The highest BCUT2D eigenvalue weighted by molar-refractivity contribution is 7.98. The molecule has 126 valence electrons. The molecule has 0 spiro atoms. The van der Waals surface area contributed by atoms with Crippen LogP contribution in [0.5, 0.6) is 0 Å². The summed E-state index contributed by atoms with van der Waals surface area (Å²) in [6.07, 6.45) is 1.98. The van der Waals surface area contributed by atoms with Crippen LogP contribution in [-0.4, -0.2) is 21.2 Å². The van der Waals surface area contributed by atoms with E-state index in [4.69, 9.17) is 0 Å². The Bertz CT molecular complexity index is 1100. The average Bonchev–Trinajstić information content (AvgIpc) is 3.11. The molecule has 3 aromatic carbocycles. The van der Waals surface area contributed by atoms with Crippen molar-refractivity contribution in [2.24, 2.45) is 0 Å². The fourth-order valence-corrected chi connectivity index (χ4v) is 3.69. The first-order chi connectivity index (χ1) is 12.8. The molecule has 0 aliphatic rings. The largest absolute Gasteiger partial charge is 0.240 e. The molecular weight excluding hydrogens is 340 g/mol. The standard InChI is InChI=1S/C21H16N4S/c1-26-19-12-17(16-10-6-3-7-11-16)21-20(18(19)13-22)23-24-25(21)14-15-8-4-2-5-9-15/h2-12H,14H2,1H3. The maximum atomic E-state index is 9.67. The van der Waals surface area contributed by atoms with Gasteiger partial charge in [0.15, 0.2) is 0 Å². The summed E-state index contributed by atoms with van der Waals surface area (Å²) in [4.78, 5) is 0.922. The van der Waals surface area contributed by atoms with Gasteiger partial charge >= 0.3 is 0 Å². The SMILES string of the molecule is CSc1cc(-c2ccccc2)c2c(nnn2Cc2ccccc2)c1C#N.